The SMILES string of the molecule is CNc1cccc(N2CCN(C(C)=O)CC2)n1. The fraction of sp³-hybridized carbons (Fsp3) is 0.500. The Balaban J connectivity index is 2.02. The molecule has 1 saturated heterocycles. The molecule has 0 atom stereocenters. The summed E-state index contributed by atoms with van der Waals surface area (Å²) in [6, 6.07) is 5.94. The van der Waals surface area contributed by atoms with Gasteiger partial charge < -0.3 is 15.1 Å². The van der Waals surface area contributed by atoms with Gasteiger partial charge in [0, 0.05) is 40.2 Å². The monoisotopic (exact) mass is 234 g/mol. The van der Waals surface area contributed by atoms with Crippen molar-refractivity contribution in [3.8, 4) is 0 Å². The Labute approximate surface area is 101 Å². The minimum atomic E-state index is 0.154. The van der Waals surface area contributed by atoms with E-state index in [1.54, 1.807) is 6.92 Å². The number of nitrogens with zero attached hydrogens (tertiary/aromatic N) is 3. The molecule has 1 aliphatic heterocycles. The number of hydrogen-bond acceptors (Lipinski definition) is 4. The molecule has 1 amide bonds. The first-order valence-corrected chi connectivity index (χ1v) is 5.86. The van der Waals surface area contributed by atoms with Gasteiger partial charge in [0.05, 0.1) is 0 Å². The van der Waals surface area contributed by atoms with Crippen LogP contribution in [0.3, 0.4) is 0 Å². The maximum Gasteiger partial charge on any atom is 0.219 e. The van der Waals surface area contributed by atoms with Crippen LogP contribution in [0.5, 0.6) is 0 Å². The van der Waals surface area contributed by atoms with Gasteiger partial charge in [-0.1, -0.05) is 6.07 Å². The van der Waals surface area contributed by atoms with Crippen molar-refractivity contribution in [2.45, 2.75) is 6.92 Å². The molecule has 5 heteroatoms. The van der Waals surface area contributed by atoms with Crippen LogP contribution in [0.1, 0.15) is 6.92 Å². The van der Waals surface area contributed by atoms with Crippen LogP contribution in [-0.2, 0) is 4.79 Å². The summed E-state index contributed by atoms with van der Waals surface area (Å²) >= 11 is 0. The maximum absolute atomic E-state index is 11.2. The second-order valence-corrected chi connectivity index (χ2v) is 4.12. The van der Waals surface area contributed by atoms with Gasteiger partial charge in [0.15, 0.2) is 0 Å². The average Bonchev–Trinajstić information content (AvgIpc) is 2.39. The number of carbonyl (C=O) groups is 1. The molecule has 1 aromatic rings. The summed E-state index contributed by atoms with van der Waals surface area (Å²) in [6.45, 7) is 4.87. The third-order valence-corrected chi connectivity index (χ3v) is 3.04. The van der Waals surface area contributed by atoms with E-state index in [-0.39, 0.29) is 5.91 Å². The Morgan fingerprint density at radius 2 is 2.00 bits per heavy atom. The summed E-state index contributed by atoms with van der Waals surface area (Å²) in [6.07, 6.45) is 0. The average molecular weight is 234 g/mol. The molecule has 0 spiro atoms. The summed E-state index contributed by atoms with van der Waals surface area (Å²) in [5, 5.41) is 3.03. The second kappa shape index (κ2) is 5.03. The van der Waals surface area contributed by atoms with Crippen LogP contribution in [-0.4, -0.2) is 49.0 Å². The highest BCUT2D eigenvalue weighted by Crippen LogP contribution is 2.15. The molecule has 1 aliphatic rings. The number of nitrogens with one attached hydrogen (secondary N) is 1. The number of rotatable bonds is 2. The van der Waals surface area contributed by atoms with Gasteiger partial charge in [0.2, 0.25) is 5.91 Å². The van der Waals surface area contributed by atoms with Crippen LogP contribution in [0.2, 0.25) is 0 Å². The van der Waals surface area contributed by atoms with E-state index in [2.05, 4.69) is 15.2 Å². The highest BCUT2D eigenvalue weighted by Gasteiger charge is 2.19. The molecular weight excluding hydrogens is 216 g/mol. The number of aromatic nitrogens is 1. The molecule has 17 heavy (non-hydrogen) atoms. The number of amides is 1. The third-order valence-electron chi connectivity index (χ3n) is 3.04. The number of hydrogen-bond donors (Lipinski definition) is 1. The molecule has 1 aromatic heterocycles. The molecule has 2 rings (SSSR count). The highest BCUT2D eigenvalue weighted by molar-refractivity contribution is 5.73. The predicted molar refractivity (Wildman–Crippen MR) is 68.3 cm³/mol. The minimum absolute atomic E-state index is 0.154. The lowest BCUT2D eigenvalue weighted by Gasteiger charge is -2.35. The van der Waals surface area contributed by atoms with E-state index in [0.717, 1.165) is 37.8 Å². The normalized spacial score (nSPS) is 15.9. The fourth-order valence-electron chi connectivity index (χ4n) is 1.99. The zero-order valence-electron chi connectivity index (χ0n) is 10.3. The molecule has 1 N–H and O–H groups in total. The van der Waals surface area contributed by atoms with Crippen molar-refractivity contribution < 1.29 is 4.79 Å². The van der Waals surface area contributed by atoms with Crippen LogP contribution in [0.25, 0.3) is 0 Å². The van der Waals surface area contributed by atoms with Gasteiger partial charge in [-0.25, -0.2) is 4.98 Å². The lowest BCUT2D eigenvalue weighted by atomic mass is 10.3. The number of anilines is 2. The molecule has 0 aliphatic carbocycles. The lowest BCUT2D eigenvalue weighted by Crippen LogP contribution is -2.48. The Kier molecular flexibility index (Phi) is 3.46. The van der Waals surface area contributed by atoms with Crippen molar-refractivity contribution in [1.29, 1.82) is 0 Å². The number of piperazine rings is 1. The lowest BCUT2D eigenvalue weighted by molar-refractivity contribution is -0.129. The molecule has 1 fully saturated rings. The zero-order chi connectivity index (χ0) is 12.3. The first kappa shape index (κ1) is 11.7. The summed E-state index contributed by atoms with van der Waals surface area (Å²) in [4.78, 5) is 19.8. The van der Waals surface area contributed by atoms with Crippen molar-refractivity contribution in [1.82, 2.24) is 9.88 Å². The van der Waals surface area contributed by atoms with Crippen molar-refractivity contribution in [3.05, 3.63) is 18.2 Å². The Morgan fingerprint density at radius 3 is 2.59 bits per heavy atom. The van der Waals surface area contributed by atoms with E-state index >= 15 is 0 Å². The Bertz CT molecular complexity index is 399. The smallest absolute Gasteiger partial charge is 0.219 e. The van der Waals surface area contributed by atoms with E-state index < -0.39 is 0 Å². The van der Waals surface area contributed by atoms with Gasteiger partial charge in [-0.05, 0) is 12.1 Å². The molecule has 2 heterocycles. The largest absolute Gasteiger partial charge is 0.373 e. The second-order valence-electron chi connectivity index (χ2n) is 4.12. The van der Waals surface area contributed by atoms with E-state index in [1.807, 2.05) is 30.1 Å². The van der Waals surface area contributed by atoms with Crippen molar-refractivity contribution in [3.63, 3.8) is 0 Å². The van der Waals surface area contributed by atoms with Crippen LogP contribution in [0.4, 0.5) is 11.6 Å². The molecule has 5 nitrogen and oxygen atoms in total. The molecule has 0 radical (unpaired) electrons. The molecule has 0 aromatic carbocycles. The molecule has 0 saturated carbocycles. The highest BCUT2D eigenvalue weighted by atomic mass is 16.2. The van der Waals surface area contributed by atoms with E-state index in [1.165, 1.54) is 0 Å². The van der Waals surface area contributed by atoms with Crippen LogP contribution < -0.4 is 10.2 Å². The van der Waals surface area contributed by atoms with Crippen molar-refractivity contribution in [2.75, 3.05) is 43.4 Å². The van der Waals surface area contributed by atoms with Gasteiger partial charge in [-0.3, -0.25) is 4.79 Å². The van der Waals surface area contributed by atoms with E-state index in [4.69, 9.17) is 0 Å². The van der Waals surface area contributed by atoms with Crippen molar-refractivity contribution in [2.24, 2.45) is 0 Å². The summed E-state index contributed by atoms with van der Waals surface area (Å²) < 4.78 is 0. The van der Waals surface area contributed by atoms with E-state index in [9.17, 15) is 4.79 Å². The zero-order valence-corrected chi connectivity index (χ0v) is 10.3. The van der Waals surface area contributed by atoms with Gasteiger partial charge in [-0.2, -0.15) is 0 Å². The van der Waals surface area contributed by atoms with Crippen LogP contribution >= 0.6 is 0 Å². The van der Waals surface area contributed by atoms with Gasteiger partial charge >= 0.3 is 0 Å². The standard InChI is InChI=1S/C12H18N4O/c1-10(17)15-6-8-16(9-7-15)12-5-3-4-11(13-2)14-12/h3-5H,6-9H2,1-2H3,(H,13,14). The molecular formula is C12H18N4O. The molecule has 0 bridgehead atoms. The summed E-state index contributed by atoms with van der Waals surface area (Å²) in [5.41, 5.74) is 0. The summed E-state index contributed by atoms with van der Waals surface area (Å²) in [5.74, 6) is 2.00. The van der Waals surface area contributed by atoms with Crippen molar-refractivity contribution >= 4 is 17.5 Å². The Hall–Kier alpha value is -1.78. The quantitative estimate of drug-likeness (QED) is 0.822. The van der Waals surface area contributed by atoms with Gasteiger partial charge in [0.1, 0.15) is 11.6 Å². The number of pyridine rings is 1. The van der Waals surface area contributed by atoms with Crippen LogP contribution in [0.15, 0.2) is 18.2 Å². The molecule has 92 valence electrons. The fourth-order valence-corrected chi connectivity index (χ4v) is 1.99. The van der Waals surface area contributed by atoms with Gasteiger partial charge in [0.25, 0.3) is 0 Å². The van der Waals surface area contributed by atoms with Crippen LogP contribution in [0, 0.1) is 0 Å². The minimum Gasteiger partial charge on any atom is -0.373 e. The maximum atomic E-state index is 11.2. The first-order chi connectivity index (χ1) is 8.20. The molecule has 0 unspecified atom stereocenters. The van der Waals surface area contributed by atoms with Gasteiger partial charge in [-0.15, -0.1) is 0 Å². The third kappa shape index (κ3) is 2.67. The predicted octanol–water partition coefficient (Wildman–Crippen LogP) is 0.792. The number of carbonyl (C=O) groups excluding carboxylic acids is 1. The first-order valence-electron chi connectivity index (χ1n) is 5.86. The van der Waals surface area contributed by atoms with E-state index in [0.29, 0.717) is 0 Å². The Morgan fingerprint density at radius 1 is 1.29 bits per heavy atom. The topological polar surface area (TPSA) is 48.5 Å². The summed E-state index contributed by atoms with van der Waals surface area (Å²) in [7, 11) is 1.86.